The Morgan fingerprint density at radius 2 is 1.43 bits per heavy atom. The molecule has 0 saturated carbocycles. The minimum atomic E-state index is -2.35. The number of halogens is 5. The van der Waals surface area contributed by atoms with Gasteiger partial charge in [-0.25, -0.2) is 13.2 Å². The molecule has 0 radical (unpaired) electrons. The second-order valence-electron chi connectivity index (χ2n) is 1.61. The van der Waals surface area contributed by atoms with E-state index in [2.05, 4.69) is 6.58 Å². The van der Waals surface area contributed by atoms with Crippen LogP contribution in [0.25, 0.3) is 0 Å². The summed E-state index contributed by atoms with van der Waals surface area (Å²) in [6.07, 6.45) is -0.806. The van der Waals surface area contributed by atoms with Crippen molar-refractivity contribution < 1.29 is 22.0 Å². The lowest BCUT2D eigenvalue weighted by molar-refractivity contribution is 0.204. The van der Waals surface area contributed by atoms with Crippen LogP contribution < -0.4 is 0 Å². The summed E-state index contributed by atoms with van der Waals surface area (Å²) >= 11 is 0. The summed E-state index contributed by atoms with van der Waals surface area (Å²) < 4.78 is 53.1. The molecule has 14 heavy (non-hydrogen) atoms. The van der Waals surface area contributed by atoms with Crippen molar-refractivity contribution in [3.8, 4) is 0 Å². The number of hydrogen-bond donors (Lipinski definition) is 0. The number of alkyl halides is 2. The van der Waals surface area contributed by atoms with E-state index in [1.807, 2.05) is 0 Å². The average molecular weight is 216 g/mol. The molecule has 0 spiro atoms. The molecule has 0 aromatic carbocycles. The number of allylic oxidation sites excluding steroid dienone is 3. The molecule has 0 amide bonds. The molecule has 84 valence electrons. The third-order valence-electron chi connectivity index (χ3n) is 0.522. The van der Waals surface area contributed by atoms with E-state index in [1.54, 1.807) is 6.92 Å². The summed E-state index contributed by atoms with van der Waals surface area (Å²) in [5.41, 5.74) is 0. The van der Waals surface area contributed by atoms with E-state index in [1.165, 1.54) is 13.0 Å². The van der Waals surface area contributed by atoms with E-state index < -0.39 is 12.5 Å². The standard InChI is InChI=1S/2C3H4F2.C3H5F/c2*1-2-3(4)5;1-2-3-4/h2H,1H3;2-3H,1H2;2-3H,1H3. The van der Waals surface area contributed by atoms with Gasteiger partial charge in [-0.15, -0.1) is 0 Å². The van der Waals surface area contributed by atoms with E-state index in [0.29, 0.717) is 12.4 Å². The Bertz CT molecular complexity index is 153. The molecule has 0 aliphatic carbocycles. The van der Waals surface area contributed by atoms with Gasteiger partial charge in [0.15, 0.2) is 0 Å². The highest BCUT2D eigenvalue weighted by Crippen LogP contribution is 1.92. The van der Waals surface area contributed by atoms with E-state index in [9.17, 15) is 22.0 Å². The van der Waals surface area contributed by atoms with Crippen molar-refractivity contribution in [1.82, 2.24) is 0 Å². The first-order valence-electron chi connectivity index (χ1n) is 3.55. The monoisotopic (exact) mass is 216 g/mol. The normalized spacial score (nSPS) is 8.29. The molecule has 5 heteroatoms. The zero-order chi connectivity index (χ0) is 12.0. The highest BCUT2D eigenvalue weighted by molar-refractivity contribution is 4.73. The molecule has 0 aromatic heterocycles. The summed E-state index contributed by atoms with van der Waals surface area (Å²) in [5, 5.41) is 0. The maximum absolute atomic E-state index is 10.6. The molecule has 0 rings (SSSR count). The number of hydrogen-bond acceptors (Lipinski definition) is 0. The first-order valence-corrected chi connectivity index (χ1v) is 3.55. The lowest BCUT2D eigenvalue weighted by atomic mass is 10.7. The van der Waals surface area contributed by atoms with Crippen LogP contribution in [0.15, 0.2) is 37.2 Å². The SMILES string of the molecule is C=CC(F)F.CC=C(F)F.CC=CF. The van der Waals surface area contributed by atoms with Crippen LogP contribution in [0.2, 0.25) is 0 Å². The van der Waals surface area contributed by atoms with Crippen molar-refractivity contribution >= 4 is 0 Å². The van der Waals surface area contributed by atoms with Gasteiger partial charge in [0.2, 0.25) is 0 Å². The van der Waals surface area contributed by atoms with Gasteiger partial charge in [0.1, 0.15) is 0 Å². The van der Waals surface area contributed by atoms with Crippen molar-refractivity contribution in [3.05, 3.63) is 37.2 Å². The predicted molar refractivity (Wildman–Crippen MR) is 48.1 cm³/mol. The van der Waals surface area contributed by atoms with Crippen LogP contribution in [0.4, 0.5) is 22.0 Å². The summed E-state index contributed by atoms with van der Waals surface area (Å²) in [6.45, 7) is 5.72. The molecule has 0 aromatic rings. The highest BCUT2D eigenvalue weighted by Gasteiger charge is 1.85. The second kappa shape index (κ2) is 17.8. The van der Waals surface area contributed by atoms with Gasteiger partial charge in [-0.2, -0.15) is 8.78 Å². The molecular formula is C9H13F5. The van der Waals surface area contributed by atoms with Gasteiger partial charge in [0, 0.05) is 0 Å². The minimum absolute atomic E-state index is 0.500. The Morgan fingerprint density at radius 3 is 1.43 bits per heavy atom. The Morgan fingerprint density at radius 1 is 1.21 bits per heavy atom. The second-order valence-corrected chi connectivity index (χ2v) is 1.61. The molecule has 0 heterocycles. The maximum atomic E-state index is 10.6. The van der Waals surface area contributed by atoms with Crippen molar-refractivity contribution in [2.24, 2.45) is 0 Å². The van der Waals surface area contributed by atoms with Crippen LogP contribution in [0.5, 0.6) is 0 Å². The molecule has 0 atom stereocenters. The topological polar surface area (TPSA) is 0 Å². The van der Waals surface area contributed by atoms with Crippen LogP contribution in [0.1, 0.15) is 13.8 Å². The quantitative estimate of drug-likeness (QED) is 0.439. The molecule has 0 bridgehead atoms. The summed E-state index contributed by atoms with van der Waals surface area (Å²) in [7, 11) is 0. The third kappa shape index (κ3) is 70.7. The zero-order valence-corrected chi connectivity index (χ0v) is 7.98. The molecule has 0 saturated heterocycles. The summed E-state index contributed by atoms with van der Waals surface area (Å²) in [5.74, 6) is 0. The molecule has 0 nitrogen and oxygen atoms in total. The van der Waals surface area contributed by atoms with Gasteiger partial charge >= 0.3 is 0 Å². The van der Waals surface area contributed by atoms with Crippen LogP contribution in [-0.2, 0) is 0 Å². The lowest BCUT2D eigenvalue weighted by Gasteiger charge is -1.75. The smallest absolute Gasteiger partial charge is 0.216 e. The molecular weight excluding hydrogens is 203 g/mol. The lowest BCUT2D eigenvalue weighted by Crippen LogP contribution is -1.74. The molecule has 0 aliphatic heterocycles. The van der Waals surface area contributed by atoms with E-state index >= 15 is 0 Å². The first-order chi connectivity index (χ1) is 6.45. The van der Waals surface area contributed by atoms with Crippen molar-refractivity contribution in [1.29, 1.82) is 0 Å². The largest absolute Gasteiger partial charge is 0.266 e. The third-order valence-corrected chi connectivity index (χ3v) is 0.522. The summed E-state index contributed by atoms with van der Waals surface area (Å²) in [4.78, 5) is 0. The fourth-order valence-electron chi connectivity index (χ4n) is 0. The molecule has 0 aliphatic rings. The summed E-state index contributed by atoms with van der Waals surface area (Å²) in [6, 6.07) is 0. The van der Waals surface area contributed by atoms with Gasteiger partial charge in [-0.05, 0) is 26.0 Å². The Kier molecular flexibility index (Phi) is 23.7. The first kappa shape index (κ1) is 18.6. The van der Waals surface area contributed by atoms with Crippen LogP contribution in [0, 0.1) is 0 Å². The Hall–Kier alpha value is -1.13. The minimum Gasteiger partial charge on any atom is -0.216 e. The van der Waals surface area contributed by atoms with E-state index in [4.69, 9.17) is 0 Å². The Labute approximate surface area is 80.4 Å². The fourth-order valence-corrected chi connectivity index (χ4v) is 0. The van der Waals surface area contributed by atoms with E-state index in [0.717, 1.165) is 6.08 Å². The van der Waals surface area contributed by atoms with Crippen molar-refractivity contribution in [3.63, 3.8) is 0 Å². The number of rotatable bonds is 1. The molecule has 0 fully saturated rings. The highest BCUT2D eigenvalue weighted by atomic mass is 19.3. The molecule has 0 N–H and O–H groups in total. The maximum Gasteiger partial charge on any atom is 0.266 e. The average Bonchev–Trinajstić information content (AvgIpc) is 2.19. The van der Waals surface area contributed by atoms with Crippen molar-refractivity contribution in [2.75, 3.05) is 0 Å². The molecule has 0 unspecified atom stereocenters. The van der Waals surface area contributed by atoms with Crippen LogP contribution in [-0.4, -0.2) is 6.43 Å². The fraction of sp³-hybridized carbons (Fsp3) is 0.333. The van der Waals surface area contributed by atoms with Gasteiger partial charge < -0.3 is 0 Å². The van der Waals surface area contributed by atoms with Gasteiger partial charge in [-0.3, -0.25) is 0 Å². The van der Waals surface area contributed by atoms with Crippen LogP contribution >= 0.6 is 0 Å². The van der Waals surface area contributed by atoms with Gasteiger partial charge in [0.05, 0.1) is 6.33 Å². The van der Waals surface area contributed by atoms with Gasteiger partial charge in [-0.1, -0.05) is 12.7 Å². The van der Waals surface area contributed by atoms with Crippen molar-refractivity contribution in [2.45, 2.75) is 20.3 Å². The Balaban J connectivity index is -0.000000131. The van der Waals surface area contributed by atoms with Gasteiger partial charge in [0.25, 0.3) is 12.5 Å². The van der Waals surface area contributed by atoms with Crippen LogP contribution in [0.3, 0.4) is 0 Å². The zero-order valence-electron chi connectivity index (χ0n) is 7.98. The van der Waals surface area contributed by atoms with E-state index in [-0.39, 0.29) is 0 Å². The predicted octanol–water partition coefficient (Wildman–Crippen LogP) is 4.71.